The van der Waals surface area contributed by atoms with Gasteiger partial charge in [-0.2, -0.15) is 0 Å². The molecule has 1 saturated heterocycles. The Morgan fingerprint density at radius 1 is 0.930 bits per heavy atom. The Kier molecular flexibility index (Phi) is 6.66. The topological polar surface area (TPSA) is 93.6 Å². The maximum atomic E-state index is 13.5. The van der Waals surface area contributed by atoms with E-state index in [1.165, 1.54) is 11.8 Å². The van der Waals surface area contributed by atoms with E-state index in [0.717, 1.165) is 24.8 Å². The van der Waals surface area contributed by atoms with E-state index in [0.29, 0.717) is 50.3 Å². The first-order chi connectivity index (χ1) is 20.7. The van der Waals surface area contributed by atoms with Crippen LogP contribution in [-0.4, -0.2) is 34.7 Å². The number of amides is 2. The van der Waals surface area contributed by atoms with Gasteiger partial charge in [-0.3, -0.25) is 19.3 Å². The molecule has 216 valence electrons. The number of ether oxygens (including phenoxy) is 1. The second kappa shape index (κ2) is 10.4. The smallest absolute Gasteiger partial charge is 0.339 e. The third-order valence-corrected chi connectivity index (χ3v) is 9.61. The molecule has 0 N–H and O–H groups in total. The van der Waals surface area contributed by atoms with Gasteiger partial charge in [0.05, 0.1) is 34.3 Å². The van der Waals surface area contributed by atoms with Crippen molar-refractivity contribution in [3.8, 4) is 11.3 Å². The number of rotatable bonds is 6. The summed E-state index contributed by atoms with van der Waals surface area (Å²) in [4.78, 5) is 59.3. The average molecular weight is 593 g/mol. The molecule has 7 rings (SSSR count). The van der Waals surface area contributed by atoms with E-state index < -0.39 is 12.1 Å². The summed E-state index contributed by atoms with van der Waals surface area (Å²) in [6.07, 6.45) is 2.02. The van der Waals surface area contributed by atoms with Gasteiger partial charge < -0.3 is 4.74 Å². The lowest BCUT2D eigenvalue weighted by Crippen LogP contribution is -2.32. The quantitative estimate of drug-likeness (QED) is 0.138. The number of esters is 1. The van der Waals surface area contributed by atoms with Crippen molar-refractivity contribution < 1.29 is 23.9 Å². The standard InChI is InChI=1S/C35H29ClN2O5/c1-18-5-3-8-26-27(35(42)43-19(2)32(39)23-6-4-7-24(36)16-23)17-28(37-31(18)26)20-11-13-25(14-12-20)38-33(40)29-21-9-10-22(15-21)30(29)34(38)41/h3-8,11-14,16-17,19,21-22,29-30H,9-10,15H2,1-2H3. The summed E-state index contributed by atoms with van der Waals surface area (Å²) in [5.74, 6) is -0.889. The third kappa shape index (κ3) is 4.54. The number of para-hydroxylation sites is 1. The number of carbonyl (C=O) groups excluding carboxylic acids is 4. The molecule has 1 aromatic heterocycles. The molecule has 43 heavy (non-hydrogen) atoms. The lowest BCUT2D eigenvalue weighted by Gasteiger charge is -2.19. The predicted molar refractivity (Wildman–Crippen MR) is 163 cm³/mol. The molecule has 2 amide bonds. The Hall–Kier alpha value is -4.36. The maximum Gasteiger partial charge on any atom is 0.339 e. The Bertz CT molecular complexity index is 1810. The SMILES string of the molecule is Cc1cccc2c(C(=O)OC(C)C(=O)c3cccc(Cl)c3)cc(-c3ccc(N4C(=O)C5C6CCC(C6)C5C4=O)cc3)nc12. The Morgan fingerprint density at radius 2 is 1.60 bits per heavy atom. The Balaban J connectivity index is 1.19. The molecule has 2 heterocycles. The van der Waals surface area contributed by atoms with E-state index in [1.54, 1.807) is 48.5 Å². The Morgan fingerprint density at radius 3 is 2.28 bits per heavy atom. The van der Waals surface area contributed by atoms with Crippen LogP contribution in [0.25, 0.3) is 22.2 Å². The van der Waals surface area contributed by atoms with Crippen molar-refractivity contribution in [1.29, 1.82) is 0 Å². The Labute approximate surface area is 253 Å². The second-order valence-electron chi connectivity index (χ2n) is 11.9. The summed E-state index contributed by atoms with van der Waals surface area (Å²) in [6, 6.07) is 20.9. The van der Waals surface area contributed by atoms with Gasteiger partial charge in [0.25, 0.3) is 0 Å². The zero-order valence-electron chi connectivity index (χ0n) is 23.7. The van der Waals surface area contributed by atoms with Crippen LogP contribution in [0.15, 0.2) is 72.8 Å². The molecule has 5 unspecified atom stereocenters. The van der Waals surface area contributed by atoms with Gasteiger partial charge in [0.2, 0.25) is 17.6 Å². The monoisotopic (exact) mass is 592 g/mol. The summed E-state index contributed by atoms with van der Waals surface area (Å²) in [6.45, 7) is 3.45. The molecule has 2 saturated carbocycles. The van der Waals surface area contributed by atoms with Crippen LogP contribution in [0.5, 0.6) is 0 Å². The van der Waals surface area contributed by atoms with Gasteiger partial charge in [0.15, 0.2) is 6.10 Å². The van der Waals surface area contributed by atoms with Crippen LogP contribution in [0.3, 0.4) is 0 Å². The molecule has 7 nitrogen and oxygen atoms in total. The summed E-state index contributed by atoms with van der Waals surface area (Å²) in [5, 5.41) is 1.03. The number of Topliss-reactive ketones (excluding diaryl/α,β-unsaturated/α-hetero) is 1. The number of hydrogen-bond acceptors (Lipinski definition) is 6. The third-order valence-electron chi connectivity index (χ3n) is 9.37. The van der Waals surface area contributed by atoms with Gasteiger partial charge in [-0.25, -0.2) is 9.78 Å². The number of halogens is 1. The number of carbonyl (C=O) groups is 4. The molecule has 3 aromatic carbocycles. The van der Waals surface area contributed by atoms with E-state index in [9.17, 15) is 19.2 Å². The van der Waals surface area contributed by atoms with Crippen molar-refractivity contribution in [3.63, 3.8) is 0 Å². The predicted octanol–water partition coefficient (Wildman–Crippen LogP) is 6.83. The number of fused-ring (bicyclic) bond motifs is 6. The minimum absolute atomic E-state index is 0.0825. The molecule has 0 spiro atoms. The molecule has 2 aliphatic carbocycles. The number of imide groups is 1. The molecule has 1 aliphatic heterocycles. The number of ketones is 1. The maximum absolute atomic E-state index is 13.5. The highest BCUT2D eigenvalue weighted by Crippen LogP contribution is 2.56. The largest absolute Gasteiger partial charge is 0.451 e. The normalized spacial score (nSPS) is 23.1. The van der Waals surface area contributed by atoms with Crippen molar-refractivity contribution in [2.24, 2.45) is 23.7 Å². The molecule has 4 aromatic rings. The highest BCUT2D eigenvalue weighted by atomic mass is 35.5. The minimum atomic E-state index is -1.04. The van der Waals surface area contributed by atoms with E-state index in [4.69, 9.17) is 21.3 Å². The molecule has 3 fully saturated rings. The summed E-state index contributed by atoms with van der Waals surface area (Å²) in [7, 11) is 0. The highest BCUT2D eigenvalue weighted by Gasteiger charge is 2.61. The van der Waals surface area contributed by atoms with Gasteiger partial charge in [-0.15, -0.1) is 0 Å². The summed E-state index contributed by atoms with van der Waals surface area (Å²) < 4.78 is 5.66. The lowest BCUT2D eigenvalue weighted by atomic mass is 9.81. The van der Waals surface area contributed by atoms with Gasteiger partial charge in [-0.05, 0) is 80.8 Å². The summed E-state index contributed by atoms with van der Waals surface area (Å²) >= 11 is 6.05. The van der Waals surface area contributed by atoms with Gasteiger partial charge in [0, 0.05) is 21.5 Å². The van der Waals surface area contributed by atoms with Crippen LogP contribution < -0.4 is 4.90 Å². The fraction of sp³-hybridized carbons (Fsp3) is 0.286. The van der Waals surface area contributed by atoms with Crippen molar-refractivity contribution in [2.45, 2.75) is 39.2 Å². The number of aryl methyl sites for hydroxylation is 1. The molecule has 2 bridgehead atoms. The molecule has 5 atom stereocenters. The number of nitrogens with zero attached hydrogens (tertiary/aromatic N) is 2. The van der Waals surface area contributed by atoms with Crippen LogP contribution in [0, 0.1) is 30.6 Å². The first kappa shape index (κ1) is 27.5. The van der Waals surface area contributed by atoms with E-state index in [2.05, 4.69) is 0 Å². The lowest BCUT2D eigenvalue weighted by molar-refractivity contribution is -0.123. The molecular formula is C35H29ClN2O5. The number of anilines is 1. The second-order valence-corrected chi connectivity index (χ2v) is 12.3. The van der Waals surface area contributed by atoms with Crippen LogP contribution >= 0.6 is 11.6 Å². The zero-order chi connectivity index (χ0) is 30.0. The minimum Gasteiger partial charge on any atom is -0.451 e. The van der Waals surface area contributed by atoms with Crippen LogP contribution in [-0.2, 0) is 14.3 Å². The van der Waals surface area contributed by atoms with E-state index >= 15 is 0 Å². The van der Waals surface area contributed by atoms with Crippen molar-refractivity contribution in [2.75, 3.05) is 4.90 Å². The summed E-state index contributed by atoms with van der Waals surface area (Å²) in [5.41, 5.74) is 3.95. The molecular weight excluding hydrogens is 564 g/mol. The molecule has 8 heteroatoms. The van der Waals surface area contributed by atoms with Crippen LogP contribution in [0.1, 0.15) is 52.5 Å². The van der Waals surface area contributed by atoms with Gasteiger partial charge in [0.1, 0.15) is 0 Å². The van der Waals surface area contributed by atoms with E-state index in [1.807, 2.05) is 31.2 Å². The van der Waals surface area contributed by atoms with Crippen molar-refractivity contribution >= 4 is 51.8 Å². The number of benzene rings is 3. The molecule has 0 radical (unpaired) electrons. The number of aromatic nitrogens is 1. The first-order valence-electron chi connectivity index (χ1n) is 14.6. The van der Waals surface area contributed by atoms with Gasteiger partial charge in [-0.1, -0.05) is 54.1 Å². The van der Waals surface area contributed by atoms with Crippen LogP contribution in [0.2, 0.25) is 5.02 Å². The van der Waals surface area contributed by atoms with Crippen molar-refractivity contribution in [3.05, 3.63) is 94.5 Å². The number of hydrogen-bond donors (Lipinski definition) is 0. The highest BCUT2D eigenvalue weighted by molar-refractivity contribution is 6.31. The first-order valence-corrected chi connectivity index (χ1v) is 15.0. The average Bonchev–Trinajstić information content (AvgIpc) is 3.70. The fourth-order valence-electron chi connectivity index (χ4n) is 7.31. The fourth-order valence-corrected chi connectivity index (χ4v) is 7.50. The van der Waals surface area contributed by atoms with Gasteiger partial charge >= 0.3 is 5.97 Å². The van der Waals surface area contributed by atoms with Crippen molar-refractivity contribution in [1.82, 2.24) is 4.98 Å². The number of pyridine rings is 1. The van der Waals surface area contributed by atoms with E-state index in [-0.39, 0.29) is 35.0 Å². The zero-order valence-corrected chi connectivity index (χ0v) is 24.5. The van der Waals surface area contributed by atoms with Crippen LogP contribution in [0.4, 0.5) is 5.69 Å². The molecule has 3 aliphatic rings.